The molecule has 6 heteroatoms. The maximum absolute atomic E-state index is 12.4. The highest BCUT2D eigenvalue weighted by Crippen LogP contribution is 2.25. The molecule has 1 aliphatic heterocycles. The first-order valence-corrected chi connectivity index (χ1v) is 9.53. The molecule has 0 saturated carbocycles. The fraction of sp³-hybridized carbons (Fsp3) is 0.429. The number of carbonyl (C=O) groups is 2. The summed E-state index contributed by atoms with van der Waals surface area (Å²) in [5, 5.41) is 2.77. The van der Waals surface area contributed by atoms with E-state index in [1.54, 1.807) is 17.0 Å². The van der Waals surface area contributed by atoms with E-state index in [9.17, 15) is 9.59 Å². The van der Waals surface area contributed by atoms with E-state index in [0.717, 1.165) is 13.1 Å². The lowest BCUT2D eigenvalue weighted by molar-refractivity contribution is -0.130. The molecule has 1 aliphatic rings. The number of hydrogen-bond acceptors (Lipinski definition) is 4. The molecule has 1 saturated heterocycles. The van der Waals surface area contributed by atoms with E-state index in [-0.39, 0.29) is 17.6 Å². The molecule has 2 aromatic rings. The highest BCUT2D eigenvalue weighted by Gasteiger charge is 2.17. The Morgan fingerprint density at radius 2 is 1.93 bits per heavy atom. The molecule has 27 heavy (non-hydrogen) atoms. The Hall–Kier alpha value is -2.76. The van der Waals surface area contributed by atoms with Gasteiger partial charge in [0.25, 0.3) is 5.91 Å². The quantitative estimate of drug-likeness (QED) is 0.727. The molecule has 1 aromatic heterocycles. The average Bonchev–Trinajstić information content (AvgIpc) is 3.39. The minimum atomic E-state index is -0.250. The van der Waals surface area contributed by atoms with Gasteiger partial charge in [0.2, 0.25) is 5.91 Å². The zero-order valence-corrected chi connectivity index (χ0v) is 15.8. The van der Waals surface area contributed by atoms with Crippen molar-refractivity contribution in [1.82, 2.24) is 10.2 Å². The summed E-state index contributed by atoms with van der Waals surface area (Å²) in [6.45, 7) is 3.22. The summed E-state index contributed by atoms with van der Waals surface area (Å²) in [6, 6.07) is 11.6. The van der Waals surface area contributed by atoms with Gasteiger partial charge in [0.05, 0.1) is 6.26 Å². The molecular formula is C21H27N3O3. The van der Waals surface area contributed by atoms with E-state index < -0.39 is 0 Å². The van der Waals surface area contributed by atoms with Crippen molar-refractivity contribution in [2.45, 2.75) is 32.2 Å². The number of rotatable bonds is 8. The number of para-hydroxylation sites is 1. The minimum Gasteiger partial charge on any atom is -0.459 e. The van der Waals surface area contributed by atoms with Gasteiger partial charge in [0.15, 0.2) is 5.76 Å². The van der Waals surface area contributed by atoms with Crippen molar-refractivity contribution >= 4 is 17.5 Å². The second-order valence-corrected chi connectivity index (χ2v) is 6.91. The normalized spacial score (nSPS) is 13.6. The van der Waals surface area contributed by atoms with Crippen LogP contribution in [0.15, 0.2) is 47.1 Å². The number of amides is 2. The first-order chi connectivity index (χ1) is 13.1. The molecular weight excluding hydrogens is 342 g/mol. The third kappa shape index (κ3) is 5.12. The number of furan rings is 1. The Kier molecular flexibility index (Phi) is 6.52. The summed E-state index contributed by atoms with van der Waals surface area (Å²) in [7, 11) is 1.84. The Morgan fingerprint density at radius 3 is 2.67 bits per heavy atom. The Balaban J connectivity index is 1.45. The number of benzene rings is 1. The molecule has 0 unspecified atom stereocenters. The van der Waals surface area contributed by atoms with Gasteiger partial charge in [-0.3, -0.25) is 9.59 Å². The second kappa shape index (κ2) is 9.26. The predicted octanol–water partition coefficient (Wildman–Crippen LogP) is 3.05. The lowest BCUT2D eigenvalue weighted by atomic mass is 10.1. The fourth-order valence-electron chi connectivity index (χ4n) is 3.38. The van der Waals surface area contributed by atoms with Gasteiger partial charge < -0.3 is 19.5 Å². The summed E-state index contributed by atoms with van der Waals surface area (Å²) in [5.74, 6) is 0.121. The van der Waals surface area contributed by atoms with Gasteiger partial charge in [-0.2, -0.15) is 0 Å². The van der Waals surface area contributed by atoms with Crippen molar-refractivity contribution in [3.8, 4) is 0 Å². The van der Waals surface area contributed by atoms with Crippen LogP contribution in [-0.2, 0) is 11.3 Å². The lowest BCUT2D eigenvalue weighted by Gasteiger charge is -2.24. The van der Waals surface area contributed by atoms with Crippen LogP contribution in [0.1, 0.15) is 41.8 Å². The second-order valence-electron chi connectivity index (χ2n) is 6.91. The van der Waals surface area contributed by atoms with Crippen LogP contribution in [0.3, 0.4) is 0 Å². The number of anilines is 1. The van der Waals surface area contributed by atoms with Gasteiger partial charge in [0.1, 0.15) is 0 Å². The molecule has 1 aromatic carbocycles. The van der Waals surface area contributed by atoms with Crippen LogP contribution in [0.4, 0.5) is 5.69 Å². The van der Waals surface area contributed by atoms with Gasteiger partial charge in [0, 0.05) is 45.3 Å². The van der Waals surface area contributed by atoms with E-state index in [1.165, 1.54) is 30.4 Å². The largest absolute Gasteiger partial charge is 0.459 e. The monoisotopic (exact) mass is 369 g/mol. The predicted molar refractivity (Wildman–Crippen MR) is 105 cm³/mol. The lowest BCUT2D eigenvalue weighted by Crippen LogP contribution is -2.29. The summed E-state index contributed by atoms with van der Waals surface area (Å²) in [5.41, 5.74) is 2.42. The Bertz CT molecular complexity index is 752. The van der Waals surface area contributed by atoms with Crippen molar-refractivity contribution in [1.29, 1.82) is 0 Å². The fourth-order valence-corrected chi connectivity index (χ4v) is 3.38. The molecule has 0 bridgehead atoms. The molecule has 1 fully saturated rings. The van der Waals surface area contributed by atoms with Crippen LogP contribution >= 0.6 is 0 Å². The number of hydrogen-bond donors (Lipinski definition) is 1. The van der Waals surface area contributed by atoms with Crippen LogP contribution in [0.5, 0.6) is 0 Å². The third-order valence-corrected chi connectivity index (χ3v) is 4.87. The number of nitrogens with one attached hydrogen (secondary N) is 1. The molecule has 1 N–H and O–H groups in total. The molecule has 0 radical (unpaired) electrons. The van der Waals surface area contributed by atoms with Crippen LogP contribution in [-0.4, -0.2) is 43.4 Å². The van der Waals surface area contributed by atoms with Crippen molar-refractivity contribution < 1.29 is 14.0 Å². The van der Waals surface area contributed by atoms with E-state index in [4.69, 9.17) is 4.42 Å². The van der Waals surface area contributed by atoms with Crippen molar-refractivity contribution in [2.24, 2.45) is 0 Å². The minimum absolute atomic E-state index is 0.0819. The standard InChI is InChI=1S/C21H27N3O3/c1-23(16-17-8-2-3-9-18(17)24-13-4-5-14-24)20(25)11-6-12-22-21(26)19-10-7-15-27-19/h2-3,7-10,15H,4-6,11-14,16H2,1H3,(H,22,26). The summed E-state index contributed by atoms with van der Waals surface area (Å²) in [4.78, 5) is 28.4. The summed E-state index contributed by atoms with van der Waals surface area (Å²) >= 11 is 0. The smallest absolute Gasteiger partial charge is 0.286 e. The van der Waals surface area contributed by atoms with Crippen LogP contribution in [0.25, 0.3) is 0 Å². The molecule has 3 rings (SSSR count). The topological polar surface area (TPSA) is 65.8 Å². The number of nitrogens with zero attached hydrogens (tertiary/aromatic N) is 2. The molecule has 2 heterocycles. The zero-order valence-electron chi connectivity index (χ0n) is 15.8. The highest BCUT2D eigenvalue weighted by molar-refractivity contribution is 5.91. The van der Waals surface area contributed by atoms with Gasteiger partial charge in [-0.25, -0.2) is 0 Å². The summed E-state index contributed by atoms with van der Waals surface area (Å²) in [6.07, 6.45) is 4.93. The van der Waals surface area contributed by atoms with E-state index in [2.05, 4.69) is 28.4 Å². The average molecular weight is 369 g/mol. The van der Waals surface area contributed by atoms with Crippen molar-refractivity contribution in [3.05, 3.63) is 54.0 Å². The van der Waals surface area contributed by atoms with Gasteiger partial charge in [-0.1, -0.05) is 18.2 Å². The molecule has 2 amide bonds. The van der Waals surface area contributed by atoms with E-state index in [0.29, 0.717) is 25.9 Å². The van der Waals surface area contributed by atoms with E-state index in [1.807, 2.05) is 13.1 Å². The SMILES string of the molecule is CN(Cc1ccccc1N1CCCC1)C(=O)CCCNC(=O)c1ccco1. The highest BCUT2D eigenvalue weighted by atomic mass is 16.3. The van der Waals surface area contributed by atoms with Gasteiger partial charge in [-0.05, 0) is 43.0 Å². The Labute approximate surface area is 160 Å². The zero-order chi connectivity index (χ0) is 19.1. The molecule has 0 atom stereocenters. The van der Waals surface area contributed by atoms with Crippen LogP contribution in [0.2, 0.25) is 0 Å². The first-order valence-electron chi connectivity index (χ1n) is 9.53. The van der Waals surface area contributed by atoms with Crippen molar-refractivity contribution in [3.63, 3.8) is 0 Å². The maximum atomic E-state index is 12.4. The van der Waals surface area contributed by atoms with Crippen molar-refractivity contribution in [2.75, 3.05) is 31.6 Å². The Morgan fingerprint density at radius 1 is 1.15 bits per heavy atom. The third-order valence-electron chi connectivity index (χ3n) is 4.87. The van der Waals surface area contributed by atoms with Gasteiger partial charge in [-0.15, -0.1) is 0 Å². The first kappa shape index (κ1) is 19.0. The molecule has 0 spiro atoms. The molecule has 0 aliphatic carbocycles. The van der Waals surface area contributed by atoms with Crippen LogP contribution in [0, 0.1) is 0 Å². The summed E-state index contributed by atoms with van der Waals surface area (Å²) < 4.78 is 5.04. The molecule has 144 valence electrons. The van der Waals surface area contributed by atoms with Gasteiger partial charge >= 0.3 is 0 Å². The van der Waals surface area contributed by atoms with E-state index >= 15 is 0 Å². The maximum Gasteiger partial charge on any atom is 0.286 e. The molecule has 6 nitrogen and oxygen atoms in total. The van der Waals surface area contributed by atoms with Crippen LogP contribution < -0.4 is 10.2 Å². The number of carbonyl (C=O) groups excluding carboxylic acids is 2.